The lowest BCUT2D eigenvalue weighted by atomic mass is 10.1. The molecule has 88 valence electrons. The molecule has 15 heavy (non-hydrogen) atoms. The third-order valence-corrected chi connectivity index (χ3v) is 2.17. The molecule has 0 amide bonds. The van der Waals surface area contributed by atoms with Gasteiger partial charge < -0.3 is 10.5 Å². The Morgan fingerprint density at radius 2 is 1.93 bits per heavy atom. The molecule has 0 radical (unpaired) electrons. The maximum atomic E-state index is 11.1. The molecule has 0 aromatic heterocycles. The van der Waals surface area contributed by atoms with Crippen LogP contribution in [0, 0.1) is 0 Å². The highest BCUT2D eigenvalue weighted by atomic mass is 16.5. The molecule has 0 saturated heterocycles. The lowest BCUT2D eigenvalue weighted by Crippen LogP contribution is -2.31. The molecular formula is C11H21NO3. The fourth-order valence-electron chi connectivity index (χ4n) is 1.10. The van der Waals surface area contributed by atoms with E-state index in [1.54, 1.807) is 0 Å². The number of carbonyl (C=O) groups is 2. The summed E-state index contributed by atoms with van der Waals surface area (Å²) in [6.07, 6.45) is 4.26. The first-order valence-electron chi connectivity index (χ1n) is 5.49. The Kier molecular flexibility index (Phi) is 7.91. The van der Waals surface area contributed by atoms with Gasteiger partial charge in [-0.2, -0.15) is 0 Å². The zero-order valence-electron chi connectivity index (χ0n) is 9.62. The Hall–Kier alpha value is -0.900. The van der Waals surface area contributed by atoms with Crippen LogP contribution in [0.5, 0.6) is 0 Å². The number of Topliss-reactive ketones (excluding diaryl/α,β-unsaturated/α-hetero) is 1. The van der Waals surface area contributed by atoms with E-state index in [-0.39, 0.29) is 18.2 Å². The summed E-state index contributed by atoms with van der Waals surface area (Å²) in [4.78, 5) is 21.9. The first-order valence-corrected chi connectivity index (χ1v) is 5.49. The Morgan fingerprint density at radius 1 is 1.27 bits per heavy atom. The fraction of sp³-hybridized carbons (Fsp3) is 0.818. The van der Waals surface area contributed by atoms with E-state index in [1.807, 2.05) is 0 Å². The van der Waals surface area contributed by atoms with Gasteiger partial charge in [0.2, 0.25) is 0 Å². The third-order valence-electron chi connectivity index (χ3n) is 2.17. The zero-order chi connectivity index (χ0) is 11.7. The van der Waals surface area contributed by atoms with Crippen molar-refractivity contribution in [2.24, 2.45) is 5.73 Å². The highest BCUT2D eigenvalue weighted by Gasteiger charge is 2.14. The molecule has 0 aromatic carbocycles. The minimum Gasteiger partial charge on any atom is -0.466 e. The van der Waals surface area contributed by atoms with Crippen LogP contribution < -0.4 is 5.73 Å². The summed E-state index contributed by atoms with van der Waals surface area (Å²) in [6, 6.07) is -0.715. The van der Waals surface area contributed by atoms with Crippen molar-refractivity contribution in [1.29, 1.82) is 0 Å². The summed E-state index contributed by atoms with van der Waals surface area (Å²) in [7, 11) is 0. The highest BCUT2D eigenvalue weighted by Crippen LogP contribution is 2.00. The predicted octanol–water partition coefficient (Wildman–Crippen LogP) is 1.42. The number of unbranched alkanes of at least 4 members (excludes halogenated alkanes) is 3. The van der Waals surface area contributed by atoms with Crippen molar-refractivity contribution < 1.29 is 14.3 Å². The smallest absolute Gasteiger partial charge is 0.307 e. The molecule has 4 nitrogen and oxygen atoms in total. The monoisotopic (exact) mass is 215 g/mol. The first kappa shape index (κ1) is 14.1. The van der Waals surface area contributed by atoms with Gasteiger partial charge in [0.15, 0.2) is 0 Å². The van der Waals surface area contributed by atoms with Crippen LogP contribution in [0.15, 0.2) is 0 Å². The highest BCUT2D eigenvalue weighted by molar-refractivity contribution is 5.86. The van der Waals surface area contributed by atoms with Gasteiger partial charge in [-0.05, 0) is 13.3 Å². The number of hydrogen-bond acceptors (Lipinski definition) is 4. The second-order valence-electron chi connectivity index (χ2n) is 3.70. The molecule has 0 bridgehead atoms. The lowest BCUT2D eigenvalue weighted by molar-refractivity contribution is -0.145. The summed E-state index contributed by atoms with van der Waals surface area (Å²) >= 11 is 0. The van der Waals surface area contributed by atoms with E-state index in [0.717, 1.165) is 25.7 Å². The number of nitrogens with two attached hydrogens (primary N) is 1. The van der Waals surface area contributed by atoms with Crippen molar-refractivity contribution in [1.82, 2.24) is 0 Å². The van der Waals surface area contributed by atoms with Gasteiger partial charge in [-0.25, -0.2) is 0 Å². The number of rotatable bonds is 8. The Labute approximate surface area is 91.2 Å². The van der Waals surface area contributed by atoms with Gasteiger partial charge in [-0.15, -0.1) is 0 Å². The summed E-state index contributed by atoms with van der Waals surface area (Å²) in [6.45, 7) is 3.93. The van der Waals surface area contributed by atoms with Gasteiger partial charge in [0, 0.05) is 0 Å². The molecule has 1 atom stereocenters. The Balaban J connectivity index is 3.45. The normalized spacial score (nSPS) is 12.2. The maximum Gasteiger partial charge on any atom is 0.307 e. The topological polar surface area (TPSA) is 69.4 Å². The molecular weight excluding hydrogens is 194 g/mol. The summed E-state index contributed by atoms with van der Waals surface area (Å²) < 4.78 is 4.94. The van der Waals surface area contributed by atoms with Crippen LogP contribution in [0.2, 0.25) is 0 Å². The van der Waals surface area contributed by atoms with Crippen molar-refractivity contribution in [3.63, 3.8) is 0 Å². The minimum atomic E-state index is -0.715. The number of ketones is 1. The van der Waals surface area contributed by atoms with Crippen LogP contribution in [0.25, 0.3) is 0 Å². The maximum absolute atomic E-state index is 11.1. The molecule has 0 fully saturated rings. The van der Waals surface area contributed by atoms with E-state index in [0.29, 0.717) is 6.61 Å². The van der Waals surface area contributed by atoms with Gasteiger partial charge in [0.25, 0.3) is 0 Å². The average molecular weight is 215 g/mol. The van der Waals surface area contributed by atoms with Crippen LogP contribution in [-0.2, 0) is 14.3 Å². The molecule has 0 spiro atoms. The molecule has 2 N–H and O–H groups in total. The Bertz CT molecular complexity index is 204. The zero-order valence-corrected chi connectivity index (χ0v) is 9.62. The van der Waals surface area contributed by atoms with E-state index >= 15 is 0 Å². The summed E-state index contributed by atoms with van der Waals surface area (Å²) in [5, 5.41) is 0. The lowest BCUT2D eigenvalue weighted by Gasteiger charge is -2.07. The quantitative estimate of drug-likeness (QED) is 0.491. The number of ether oxygens (including phenoxy) is 1. The summed E-state index contributed by atoms with van der Waals surface area (Å²) in [5.41, 5.74) is 5.42. The molecule has 0 heterocycles. The van der Waals surface area contributed by atoms with Gasteiger partial charge in [0.1, 0.15) is 5.78 Å². The second-order valence-corrected chi connectivity index (χ2v) is 3.70. The van der Waals surface area contributed by atoms with Crippen molar-refractivity contribution in [2.45, 2.75) is 52.0 Å². The van der Waals surface area contributed by atoms with Gasteiger partial charge in [0.05, 0.1) is 19.1 Å². The largest absolute Gasteiger partial charge is 0.466 e. The van der Waals surface area contributed by atoms with E-state index in [2.05, 4.69) is 6.92 Å². The first-order chi connectivity index (χ1) is 7.07. The van der Waals surface area contributed by atoms with Gasteiger partial charge in [-0.3, -0.25) is 9.59 Å². The molecule has 0 aliphatic rings. The van der Waals surface area contributed by atoms with Crippen LogP contribution in [0.4, 0.5) is 0 Å². The van der Waals surface area contributed by atoms with E-state index in [1.165, 1.54) is 6.92 Å². The van der Waals surface area contributed by atoms with Crippen molar-refractivity contribution in [3.05, 3.63) is 0 Å². The van der Waals surface area contributed by atoms with Gasteiger partial charge in [-0.1, -0.05) is 26.2 Å². The molecule has 0 unspecified atom stereocenters. The molecule has 0 rings (SSSR count). The molecule has 0 saturated carbocycles. The minimum absolute atomic E-state index is 0.0108. The van der Waals surface area contributed by atoms with E-state index in [4.69, 9.17) is 10.5 Å². The van der Waals surface area contributed by atoms with Crippen LogP contribution >= 0.6 is 0 Å². The predicted molar refractivity (Wildman–Crippen MR) is 58.4 cm³/mol. The van der Waals surface area contributed by atoms with Crippen molar-refractivity contribution in [2.75, 3.05) is 6.61 Å². The van der Waals surface area contributed by atoms with Gasteiger partial charge >= 0.3 is 5.97 Å². The Morgan fingerprint density at radius 3 is 2.47 bits per heavy atom. The van der Waals surface area contributed by atoms with Crippen molar-refractivity contribution in [3.8, 4) is 0 Å². The number of esters is 1. The van der Waals surface area contributed by atoms with Crippen LogP contribution in [0.3, 0.4) is 0 Å². The SMILES string of the molecule is CCCCCCOC(=O)C[C@H](N)C(C)=O. The number of carbonyl (C=O) groups excluding carboxylic acids is 2. The average Bonchev–Trinajstić information content (AvgIpc) is 2.17. The van der Waals surface area contributed by atoms with Crippen molar-refractivity contribution >= 4 is 11.8 Å². The molecule has 4 heteroatoms. The second kappa shape index (κ2) is 8.41. The van der Waals surface area contributed by atoms with Crippen LogP contribution in [0.1, 0.15) is 46.0 Å². The molecule has 0 aliphatic carbocycles. The molecule has 0 aliphatic heterocycles. The van der Waals surface area contributed by atoms with E-state index in [9.17, 15) is 9.59 Å². The van der Waals surface area contributed by atoms with E-state index < -0.39 is 6.04 Å². The fourth-order valence-corrected chi connectivity index (χ4v) is 1.10. The summed E-state index contributed by atoms with van der Waals surface area (Å²) in [5.74, 6) is -0.563. The van der Waals surface area contributed by atoms with Crippen LogP contribution in [-0.4, -0.2) is 24.4 Å². The standard InChI is InChI=1S/C11H21NO3/c1-3-4-5-6-7-15-11(14)8-10(12)9(2)13/h10H,3-8,12H2,1-2H3/t10-/m0/s1. The number of hydrogen-bond donors (Lipinski definition) is 1. The molecule has 0 aromatic rings. The third kappa shape index (κ3) is 8.12.